The van der Waals surface area contributed by atoms with Gasteiger partial charge in [0.1, 0.15) is 0 Å². The van der Waals surface area contributed by atoms with Crippen LogP contribution in [0.5, 0.6) is 0 Å². The van der Waals surface area contributed by atoms with Crippen molar-refractivity contribution in [1.82, 2.24) is 15.6 Å². The second-order valence-corrected chi connectivity index (χ2v) is 5.55. The van der Waals surface area contributed by atoms with Crippen LogP contribution in [-0.4, -0.2) is 30.6 Å². The normalized spacial score (nSPS) is 11.3. The lowest BCUT2D eigenvalue weighted by molar-refractivity contribution is 0.795. The summed E-state index contributed by atoms with van der Waals surface area (Å²) in [5.41, 5.74) is 2.34. The van der Waals surface area contributed by atoms with Gasteiger partial charge >= 0.3 is 0 Å². The van der Waals surface area contributed by atoms with Crippen molar-refractivity contribution in [2.45, 2.75) is 19.8 Å². The third-order valence-corrected chi connectivity index (χ3v) is 3.75. The number of guanidine groups is 1. The maximum Gasteiger partial charge on any atom is 0.191 e. The van der Waals surface area contributed by atoms with Crippen molar-refractivity contribution in [2.24, 2.45) is 4.99 Å². The lowest BCUT2D eigenvalue weighted by Gasteiger charge is -2.11. The third kappa shape index (κ3) is 6.28. The maximum atomic E-state index is 6.17. The van der Waals surface area contributed by atoms with E-state index in [1.165, 1.54) is 5.56 Å². The molecule has 2 rings (SSSR count). The van der Waals surface area contributed by atoms with Gasteiger partial charge in [-0.3, -0.25) is 9.98 Å². The lowest BCUT2D eigenvalue weighted by Crippen LogP contribution is -2.38. The topological polar surface area (TPSA) is 49.3 Å². The summed E-state index contributed by atoms with van der Waals surface area (Å²) in [6.45, 7) is 4.42. The monoisotopic (exact) mass is 330 g/mol. The number of aromatic nitrogens is 1. The first-order chi connectivity index (χ1) is 11.3. The second kappa shape index (κ2) is 9.85. The average Bonchev–Trinajstić information content (AvgIpc) is 2.57. The van der Waals surface area contributed by atoms with Crippen LogP contribution in [-0.2, 0) is 12.8 Å². The molecule has 5 heteroatoms. The van der Waals surface area contributed by atoms with Crippen LogP contribution in [0.1, 0.15) is 18.1 Å². The zero-order valence-electron chi connectivity index (χ0n) is 13.4. The van der Waals surface area contributed by atoms with Crippen LogP contribution < -0.4 is 10.6 Å². The predicted molar refractivity (Wildman–Crippen MR) is 97.1 cm³/mol. The molecule has 0 unspecified atom stereocenters. The highest BCUT2D eigenvalue weighted by Crippen LogP contribution is 2.15. The van der Waals surface area contributed by atoms with Crippen molar-refractivity contribution >= 4 is 17.6 Å². The van der Waals surface area contributed by atoms with E-state index in [4.69, 9.17) is 11.6 Å². The molecule has 1 heterocycles. The molecule has 0 atom stereocenters. The highest BCUT2D eigenvalue weighted by molar-refractivity contribution is 6.31. The van der Waals surface area contributed by atoms with E-state index in [0.717, 1.165) is 42.5 Å². The summed E-state index contributed by atoms with van der Waals surface area (Å²) in [7, 11) is 0. The van der Waals surface area contributed by atoms with Crippen LogP contribution in [0, 0.1) is 0 Å². The highest BCUT2D eigenvalue weighted by Gasteiger charge is 2.00. The van der Waals surface area contributed by atoms with Crippen LogP contribution in [0.3, 0.4) is 0 Å². The first kappa shape index (κ1) is 17.3. The number of nitrogens with zero attached hydrogens (tertiary/aromatic N) is 2. The van der Waals surface area contributed by atoms with Gasteiger partial charge in [0.2, 0.25) is 0 Å². The Morgan fingerprint density at radius 2 is 2.00 bits per heavy atom. The molecule has 1 aromatic carbocycles. The molecule has 0 aliphatic heterocycles. The Bertz CT molecular complexity index is 613. The molecule has 2 N–H and O–H groups in total. The fourth-order valence-electron chi connectivity index (χ4n) is 2.20. The Kier molecular flexibility index (Phi) is 7.40. The summed E-state index contributed by atoms with van der Waals surface area (Å²) in [5, 5.41) is 7.41. The van der Waals surface area contributed by atoms with Crippen molar-refractivity contribution in [2.75, 3.05) is 19.6 Å². The maximum absolute atomic E-state index is 6.17. The third-order valence-electron chi connectivity index (χ3n) is 3.38. The molecule has 0 spiro atoms. The zero-order valence-corrected chi connectivity index (χ0v) is 14.2. The molecule has 0 bridgehead atoms. The molecular weight excluding hydrogens is 308 g/mol. The number of nitrogens with one attached hydrogen (secondary N) is 2. The summed E-state index contributed by atoms with van der Waals surface area (Å²) in [6.07, 6.45) is 5.43. The van der Waals surface area contributed by atoms with Crippen molar-refractivity contribution < 1.29 is 0 Å². The standard InChI is InChI=1S/C18H23ClN4/c1-2-21-18(22-12-9-15-6-5-11-20-14-15)23-13-10-16-7-3-4-8-17(16)19/h3-8,11,14H,2,9-10,12-13H2,1H3,(H2,21,22,23). The first-order valence-corrected chi connectivity index (χ1v) is 8.32. The Labute approximate surface area is 143 Å². The first-order valence-electron chi connectivity index (χ1n) is 7.94. The molecule has 0 aliphatic rings. The second-order valence-electron chi connectivity index (χ2n) is 5.14. The largest absolute Gasteiger partial charge is 0.357 e. The molecule has 0 fully saturated rings. The Balaban J connectivity index is 1.81. The van der Waals surface area contributed by atoms with Gasteiger partial charge in [-0.2, -0.15) is 0 Å². The van der Waals surface area contributed by atoms with Gasteiger partial charge in [0.25, 0.3) is 0 Å². The minimum Gasteiger partial charge on any atom is -0.357 e. The minimum absolute atomic E-state index is 0.700. The van der Waals surface area contributed by atoms with E-state index in [-0.39, 0.29) is 0 Å². The fourth-order valence-corrected chi connectivity index (χ4v) is 2.43. The summed E-state index contributed by atoms with van der Waals surface area (Å²) in [4.78, 5) is 8.73. The van der Waals surface area contributed by atoms with Crippen LogP contribution in [0.4, 0.5) is 0 Å². The Morgan fingerprint density at radius 1 is 1.13 bits per heavy atom. The van der Waals surface area contributed by atoms with Crippen molar-refractivity contribution in [1.29, 1.82) is 0 Å². The average molecular weight is 331 g/mol. The zero-order chi connectivity index (χ0) is 16.3. The van der Waals surface area contributed by atoms with Gasteiger partial charge < -0.3 is 10.6 Å². The summed E-state index contributed by atoms with van der Waals surface area (Å²) < 4.78 is 0. The van der Waals surface area contributed by atoms with E-state index in [0.29, 0.717) is 6.54 Å². The number of hydrogen-bond donors (Lipinski definition) is 2. The minimum atomic E-state index is 0.700. The molecule has 122 valence electrons. The van der Waals surface area contributed by atoms with Crippen molar-refractivity contribution in [3.05, 3.63) is 64.9 Å². The van der Waals surface area contributed by atoms with Gasteiger partial charge in [-0.05, 0) is 43.0 Å². The van der Waals surface area contributed by atoms with Gasteiger partial charge in [-0.25, -0.2) is 0 Å². The van der Waals surface area contributed by atoms with Crippen LogP contribution >= 0.6 is 11.6 Å². The quantitative estimate of drug-likeness (QED) is 0.606. The van der Waals surface area contributed by atoms with E-state index in [1.807, 2.05) is 36.5 Å². The predicted octanol–water partition coefficient (Wildman–Crippen LogP) is 3.08. The van der Waals surface area contributed by atoms with Crippen LogP contribution in [0.2, 0.25) is 5.02 Å². The van der Waals surface area contributed by atoms with Gasteiger partial charge in [-0.1, -0.05) is 35.9 Å². The number of benzene rings is 1. The number of aliphatic imine (C=N–C) groups is 1. The molecule has 4 nitrogen and oxygen atoms in total. The van der Waals surface area contributed by atoms with Crippen LogP contribution in [0.15, 0.2) is 53.8 Å². The number of halogens is 1. The summed E-state index contributed by atoms with van der Waals surface area (Å²) >= 11 is 6.17. The highest BCUT2D eigenvalue weighted by atomic mass is 35.5. The molecule has 23 heavy (non-hydrogen) atoms. The molecule has 0 saturated heterocycles. The Morgan fingerprint density at radius 3 is 2.74 bits per heavy atom. The van der Waals surface area contributed by atoms with Crippen molar-refractivity contribution in [3.63, 3.8) is 0 Å². The van der Waals surface area contributed by atoms with E-state index < -0.39 is 0 Å². The van der Waals surface area contributed by atoms with E-state index in [9.17, 15) is 0 Å². The molecule has 0 radical (unpaired) electrons. The molecule has 0 aliphatic carbocycles. The van der Waals surface area contributed by atoms with Gasteiger partial charge in [0, 0.05) is 37.1 Å². The molecular formula is C18H23ClN4. The smallest absolute Gasteiger partial charge is 0.191 e. The molecule has 0 amide bonds. The van der Waals surface area contributed by atoms with Gasteiger partial charge in [0.05, 0.1) is 0 Å². The van der Waals surface area contributed by atoms with Gasteiger partial charge in [-0.15, -0.1) is 0 Å². The molecule has 1 aromatic heterocycles. The van der Waals surface area contributed by atoms with Crippen molar-refractivity contribution in [3.8, 4) is 0 Å². The summed E-state index contributed by atoms with van der Waals surface area (Å²) in [5.74, 6) is 0.837. The summed E-state index contributed by atoms with van der Waals surface area (Å²) in [6, 6.07) is 11.9. The van der Waals surface area contributed by atoms with Gasteiger partial charge in [0.15, 0.2) is 5.96 Å². The lowest BCUT2D eigenvalue weighted by atomic mass is 10.1. The van der Waals surface area contributed by atoms with E-state index in [2.05, 4.69) is 33.6 Å². The van der Waals surface area contributed by atoms with Crippen LogP contribution in [0.25, 0.3) is 0 Å². The molecule has 2 aromatic rings. The number of rotatable bonds is 7. The van der Waals surface area contributed by atoms with E-state index in [1.54, 1.807) is 6.20 Å². The molecule has 0 saturated carbocycles. The number of hydrogen-bond acceptors (Lipinski definition) is 2. The SMILES string of the molecule is CCNC(=NCCc1ccccc1Cl)NCCc1cccnc1. The Hall–Kier alpha value is -2.07. The number of pyridine rings is 1. The van der Waals surface area contributed by atoms with E-state index >= 15 is 0 Å². The fraction of sp³-hybridized carbons (Fsp3) is 0.333.